The Morgan fingerprint density at radius 1 is 0.867 bits per heavy atom. The molecule has 0 N–H and O–H groups in total. The van der Waals surface area contributed by atoms with Crippen molar-refractivity contribution in [2.24, 2.45) is 0 Å². The van der Waals surface area contributed by atoms with Crippen LogP contribution in [0.25, 0.3) is 5.69 Å². The van der Waals surface area contributed by atoms with E-state index in [1.165, 1.54) is 28.9 Å². The SMILES string of the molecule is O=C(c1ccn(-c2cccc(F)c2)n1)N1CCN(C(=O)c2ccc(F)cc2Cl)CC1. The average Bonchev–Trinajstić information content (AvgIpc) is 3.23. The zero-order chi connectivity index (χ0) is 21.3. The van der Waals surface area contributed by atoms with Crippen molar-refractivity contribution in [3.8, 4) is 5.69 Å². The lowest BCUT2D eigenvalue weighted by Gasteiger charge is -2.34. The van der Waals surface area contributed by atoms with Crippen LogP contribution in [-0.2, 0) is 0 Å². The maximum Gasteiger partial charge on any atom is 0.274 e. The molecule has 0 radical (unpaired) electrons. The molecule has 6 nitrogen and oxygen atoms in total. The van der Waals surface area contributed by atoms with E-state index in [-0.39, 0.29) is 28.1 Å². The first kappa shape index (κ1) is 20.0. The van der Waals surface area contributed by atoms with E-state index < -0.39 is 11.6 Å². The van der Waals surface area contributed by atoms with Crippen LogP contribution in [0, 0.1) is 11.6 Å². The fourth-order valence-corrected chi connectivity index (χ4v) is 3.56. The summed E-state index contributed by atoms with van der Waals surface area (Å²) in [5, 5.41) is 4.30. The van der Waals surface area contributed by atoms with E-state index in [1.807, 2.05) is 0 Å². The molecule has 2 amide bonds. The maximum atomic E-state index is 13.4. The topological polar surface area (TPSA) is 58.4 Å². The van der Waals surface area contributed by atoms with Crippen LogP contribution in [0.2, 0.25) is 5.02 Å². The highest BCUT2D eigenvalue weighted by Gasteiger charge is 2.27. The van der Waals surface area contributed by atoms with Crippen LogP contribution in [0.5, 0.6) is 0 Å². The standard InChI is InChI=1S/C21H17ClF2N4O2/c22-18-13-15(24)4-5-17(18)20(29)26-8-10-27(11-9-26)21(30)19-6-7-28(25-19)16-3-1-2-14(23)12-16/h1-7,12-13H,8-11H2. The second kappa shape index (κ2) is 8.23. The van der Waals surface area contributed by atoms with Gasteiger partial charge in [0.15, 0.2) is 5.69 Å². The van der Waals surface area contributed by atoms with Crippen molar-refractivity contribution >= 4 is 23.4 Å². The maximum absolute atomic E-state index is 13.4. The van der Waals surface area contributed by atoms with Crippen LogP contribution in [0.4, 0.5) is 8.78 Å². The first-order valence-corrected chi connectivity index (χ1v) is 9.65. The first-order chi connectivity index (χ1) is 14.4. The number of aromatic nitrogens is 2. The largest absolute Gasteiger partial charge is 0.335 e. The summed E-state index contributed by atoms with van der Waals surface area (Å²) in [5.74, 6) is -1.47. The number of amides is 2. The molecule has 3 aromatic rings. The van der Waals surface area contributed by atoms with Crippen LogP contribution >= 0.6 is 11.6 Å². The molecule has 30 heavy (non-hydrogen) atoms. The lowest BCUT2D eigenvalue weighted by atomic mass is 10.1. The van der Waals surface area contributed by atoms with E-state index in [0.29, 0.717) is 31.9 Å². The molecule has 1 fully saturated rings. The Kier molecular flexibility index (Phi) is 5.50. The minimum absolute atomic E-state index is 0.0568. The Balaban J connectivity index is 1.40. The van der Waals surface area contributed by atoms with Gasteiger partial charge >= 0.3 is 0 Å². The molecule has 1 aromatic heterocycles. The van der Waals surface area contributed by atoms with Crippen molar-refractivity contribution in [1.29, 1.82) is 0 Å². The Morgan fingerprint density at radius 3 is 2.20 bits per heavy atom. The van der Waals surface area contributed by atoms with Gasteiger partial charge in [0.05, 0.1) is 16.3 Å². The molecule has 0 spiro atoms. The second-order valence-electron chi connectivity index (χ2n) is 6.83. The minimum atomic E-state index is -0.510. The summed E-state index contributed by atoms with van der Waals surface area (Å²) < 4.78 is 28.0. The first-order valence-electron chi connectivity index (χ1n) is 9.27. The summed E-state index contributed by atoms with van der Waals surface area (Å²) in [5.41, 5.74) is 0.980. The van der Waals surface area contributed by atoms with Gasteiger partial charge in [0.2, 0.25) is 0 Å². The van der Waals surface area contributed by atoms with Gasteiger partial charge in [0.25, 0.3) is 11.8 Å². The molecule has 0 unspecified atom stereocenters. The molecule has 0 bridgehead atoms. The summed E-state index contributed by atoms with van der Waals surface area (Å²) in [4.78, 5) is 28.6. The van der Waals surface area contributed by atoms with Gasteiger partial charge in [-0.3, -0.25) is 9.59 Å². The fourth-order valence-electron chi connectivity index (χ4n) is 3.31. The third-order valence-corrected chi connectivity index (χ3v) is 5.21. The molecular weight excluding hydrogens is 414 g/mol. The van der Waals surface area contributed by atoms with Crippen molar-refractivity contribution < 1.29 is 18.4 Å². The average molecular weight is 431 g/mol. The van der Waals surface area contributed by atoms with Crippen molar-refractivity contribution in [2.75, 3.05) is 26.2 Å². The predicted octanol–water partition coefficient (Wildman–Crippen LogP) is 3.40. The molecule has 0 saturated carbocycles. The van der Waals surface area contributed by atoms with Gasteiger partial charge in [-0.15, -0.1) is 0 Å². The van der Waals surface area contributed by atoms with Crippen molar-refractivity contribution in [2.45, 2.75) is 0 Å². The van der Waals surface area contributed by atoms with Crippen molar-refractivity contribution in [3.05, 3.63) is 82.6 Å². The van der Waals surface area contributed by atoms with Crippen LogP contribution in [0.1, 0.15) is 20.8 Å². The number of carbonyl (C=O) groups excluding carboxylic acids is 2. The Labute approximate surface area is 176 Å². The Bertz CT molecular complexity index is 1110. The molecule has 1 aliphatic rings. The lowest BCUT2D eigenvalue weighted by molar-refractivity contribution is 0.0532. The van der Waals surface area contributed by atoms with Gasteiger partial charge in [0.1, 0.15) is 11.6 Å². The number of hydrogen-bond donors (Lipinski definition) is 0. The molecule has 154 valence electrons. The third kappa shape index (κ3) is 4.04. The summed E-state index contributed by atoms with van der Waals surface area (Å²) in [7, 11) is 0. The molecule has 2 aromatic carbocycles. The van der Waals surface area contributed by atoms with Crippen molar-refractivity contribution in [3.63, 3.8) is 0 Å². The molecule has 2 heterocycles. The molecule has 0 aliphatic carbocycles. The Hall–Kier alpha value is -3.26. The van der Waals surface area contributed by atoms with Gasteiger partial charge in [0, 0.05) is 32.4 Å². The Morgan fingerprint density at radius 2 is 1.53 bits per heavy atom. The van der Waals surface area contributed by atoms with Gasteiger partial charge in [-0.05, 0) is 42.5 Å². The number of rotatable bonds is 3. The number of nitrogens with zero attached hydrogens (tertiary/aromatic N) is 4. The van der Waals surface area contributed by atoms with Crippen molar-refractivity contribution in [1.82, 2.24) is 19.6 Å². The van der Waals surface area contributed by atoms with Crippen LogP contribution in [0.3, 0.4) is 0 Å². The van der Waals surface area contributed by atoms with Gasteiger partial charge in [-0.1, -0.05) is 17.7 Å². The van der Waals surface area contributed by atoms with E-state index in [0.717, 1.165) is 6.07 Å². The highest BCUT2D eigenvalue weighted by atomic mass is 35.5. The van der Waals surface area contributed by atoms with Gasteiger partial charge < -0.3 is 9.80 Å². The predicted molar refractivity (Wildman–Crippen MR) is 107 cm³/mol. The smallest absolute Gasteiger partial charge is 0.274 e. The third-order valence-electron chi connectivity index (χ3n) is 4.90. The monoisotopic (exact) mass is 430 g/mol. The molecule has 1 saturated heterocycles. The molecule has 9 heteroatoms. The fraction of sp³-hybridized carbons (Fsp3) is 0.190. The number of halogens is 3. The summed E-state index contributed by atoms with van der Waals surface area (Å²) in [6.07, 6.45) is 1.60. The number of carbonyl (C=O) groups is 2. The summed E-state index contributed by atoms with van der Waals surface area (Å²) in [6.45, 7) is 1.30. The summed E-state index contributed by atoms with van der Waals surface area (Å²) >= 11 is 5.98. The number of hydrogen-bond acceptors (Lipinski definition) is 3. The van der Waals surface area contributed by atoms with E-state index in [1.54, 1.807) is 34.2 Å². The summed E-state index contributed by atoms with van der Waals surface area (Å²) in [6, 6.07) is 11.1. The van der Waals surface area contributed by atoms with E-state index in [2.05, 4.69) is 5.10 Å². The van der Waals surface area contributed by atoms with Crippen LogP contribution in [-0.4, -0.2) is 57.6 Å². The highest BCUT2D eigenvalue weighted by molar-refractivity contribution is 6.33. The van der Waals surface area contributed by atoms with E-state index in [4.69, 9.17) is 11.6 Å². The molecular formula is C21H17ClF2N4O2. The van der Waals surface area contributed by atoms with Crippen LogP contribution < -0.4 is 0 Å². The second-order valence-corrected chi connectivity index (χ2v) is 7.24. The van der Waals surface area contributed by atoms with Gasteiger partial charge in [-0.25, -0.2) is 13.5 Å². The lowest BCUT2D eigenvalue weighted by Crippen LogP contribution is -2.50. The quantitative estimate of drug-likeness (QED) is 0.640. The molecule has 1 aliphatic heterocycles. The van der Waals surface area contributed by atoms with Crippen LogP contribution in [0.15, 0.2) is 54.7 Å². The van der Waals surface area contributed by atoms with E-state index >= 15 is 0 Å². The van der Waals surface area contributed by atoms with E-state index in [9.17, 15) is 18.4 Å². The zero-order valence-electron chi connectivity index (χ0n) is 15.8. The molecule has 0 atom stereocenters. The minimum Gasteiger partial charge on any atom is -0.335 e. The zero-order valence-corrected chi connectivity index (χ0v) is 16.5. The number of piperazine rings is 1. The molecule has 4 rings (SSSR count). The highest BCUT2D eigenvalue weighted by Crippen LogP contribution is 2.20. The number of benzene rings is 2. The normalized spacial score (nSPS) is 14.1. The van der Waals surface area contributed by atoms with Gasteiger partial charge in [-0.2, -0.15) is 5.10 Å².